The fourth-order valence-electron chi connectivity index (χ4n) is 2.00. The van der Waals surface area contributed by atoms with Gasteiger partial charge in [-0.3, -0.25) is 0 Å². The summed E-state index contributed by atoms with van der Waals surface area (Å²) in [5.41, 5.74) is 1.01. The molecule has 1 aromatic rings. The predicted molar refractivity (Wildman–Crippen MR) is 80.6 cm³/mol. The molecular weight excluding hydrogens is 240 g/mol. The Hall–Kier alpha value is -1.29. The number of carbonyl (C=O) groups excluding carboxylic acids is 1. The molecule has 0 atom stereocenters. The van der Waals surface area contributed by atoms with E-state index in [2.05, 4.69) is 19.6 Å². The number of nitrogens with zero attached hydrogens (tertiary/aromatic N) is 2. The second kappa shape index (κ2) is 6.04. The highest BCUT2D eigenvalue weighted by Crippen LogP contribution is 2.22. The minimum Gasteiger partial charge on any atom is -0.326 e. The van der Waals surface area contributed by atoms with Crippen molar-refractivity contribution in [2.24, 2.45) is 0 Å². The van der Waals surface area contributed by atoms with Crippen LogP contribution in [0.15, 0.2) is 30.3 Å². The Morgan fingerprint density at radius 1 is 1.06 bits per heavy atom. The Morgan fingerprint density at radius 2 is 1.56 bits per heavy atom. The van der Waals surface area contributed by atoms with Crippen LogP contribution in [0.25, 0.3) is 0 Å². The number of benzene rings is 1. The van der Waals surface area contributed by atoms with Crippen LogP contribution >= 0.6 is 0 Å². The fourth-order valence-corrected chi connectivity index (χ4v) is 3.64. The topological polar surface area (TPSA) is 23.6 Å². The van der Waals surface area contributed by atoms with Crippen LogP contribution in [0, 0.1) is 0 Å². The molecule has 0 fully saturated rings. The molecule has 1 aromatic carbocycles. The average Bonchev–Trinajstić information content (AvgIpc) is 2.30. The minimum absolute atomic E-state index is 0.130. The molecular formula is C14H24N2OSi. The van der Waals surface area contributed by atoms with Crippen molar-refractivity contribution in [3.63, 3.8) is 0 Å². The van der Waals surface area contributed by atoms with Gasteiger partial charge in [0.1, 0.15) is 0 Å². The normalized spacial score (nSPS) is 11.2. The second-order valence-electron chi connectivity index (χ2n) is 5.30. The van der Waals surface area contributed by atoms with Gasteiger partial charge in [0.25, 0.3) is 0 Å². The largest absolute Gasteiger partial charge is 0.326 e. The molecule has 0 N–H and O–H groups in total. The molecule has 4 heteroatoms. The van der Waals surface area contributed by atoms with Gasteiger partial charge in [0.05, 0.1) is 0 Å². The van der Waals surface area contributed by atoms with Crippen LogP contribution in [0.4, 0.5) is 10.5 Å². The molecule has 1 rings (SSSR count). The summed E-state index contributed by atoms with van der Waals surface area (Å²) in [5.74, 6) is 0. The van der Waals surface area contributed by atoms with Crippen molar-refractivity contribution in [2.75, 3.05) is 17.7 Å². The van der Waals surface area contributed by atoms with Crippen molar-refractivity contribution in [1.82, 2.24) is 4.90 Å². The van der Waals surface area contributed by atoms with E-state index in [-0.39, 0.29) is 6.03 Å². The van der Waals surface area contributed by atoms with Gasteiger partial charge in [-0.15, -0.1) is 0 Å². The SMILES string of the molecule is CCN(CC)C(=O)N(c1ccccc1)[Si](C)(C)C. The molecule has 0 saturated heterocycles. The first-order valence-electron chi connectivity index (χ1n) is 6.56. The summed E-state index contributed by atoms with van der Waals surface area (Å²) in [6.45, 7) is 12.1. The lowest BCUT2D eigenvalue weighted by Gasteiger charge is -2.37. The van der Waals surface area contributed by atoms with Crippen molar-refractivity contribution in [3.05, 3.63) is 30.3 Å². The number of urea groups is 1. The van der Waals surface area contributed by atoms with Gasteiger partial charge in [0.2, 0.25) is 0 Å². The van der Waals surface area contributed by atoms with Crippen molar-refractivity contribution in [2.45, 2.75) is 33.5 Å². The van der Waals surface area contributed by atoms with E-state index >= 15 is 0 Å². The van der Waals surface area contributed by atoms with Gasteiger partial charge in [-0.2, -0.15) is 0 Å². The van der Waals surface area contributed by atoms with Crippen LogP contribution in [0.3, 0.4) is 0 Å². The van der Waals surface area contributed by atoms with E-state index < -0.39 is 8.24 Å². The van der Waals surface area contributed by atoms with E-state index in [1.54, 1.807) is 0 Å². The fraction of sp³-hybridized carbons (Fsp3) is 0.500. The third kappa shape index (κ3) is 3.35. The van der Waals surface area contributed by atoms with Crippen molar-refractivity contribution < 1.29 is 4.79 Å². The summed E-state index contributed by atoms with van der Waals surface area (Å²) in [6.07, 6.45) is 0. The maximum atomic E-state index is 12.6. The van der Waals surface area contributed by atoms with Crippen molar-refractivity contribution >= 4 is 20.0 Å². The van der Waals surface area contributed by atoms with Gasteiger partial charge in [-0.05, 0) is 26.0 Å². The van der Waals surface area contributed by atoms with Gasteiger partial charge in [0.15, 0.2) is 8.24 Å². The summed E-state index contributed by atoms with van der Waals surface area (Å²) >= 11 is 0. The molecule has 100 valence electrons. The molecule has 0 heterocycles. The third-order valence-corrected chi connectivity index (χ3v) is 4.70. The number of anilines is 1. The summed E-state index contributed by atoms with van der Waals surface area (Å²) in [6, 6.07) is 10.1. The highest BCUT2D eigenvalue weighted by molar-refractivity contribution is 6.83. The highest BCUT2D eigenvalue weighted by atomic mass is 28.3. The molecule has 0 unspecified atom stereocenters. The van der Waals surface area contributed by atoms with Crippen LogP contribution in [0.5, 0.6) is 0 Å². The Balaban J connectivity index is 3.12. The van der Waals surface area contributed by atoms with E-state index in [1.165, 1.54) is 0 Å². The summed E-state index contributed by atoms with van der Waals surface area (Å²) < 4.78 is 2.00. The van der Waals surface area contributed by atoms with Crippen molar-refractivity contribution in [3.8, 4) is 0 Å². The molecule has 0 aliphatic rings. The molecule has 0 spiro atoms. The average molecular weight is 264 g/mol. The maximum absolute atomic E-state index is 12.6. The molecule has 0 saturated carbocycles. The smallest absolute Gasteiger partial charge is 0.316 e. The molecule has 0 aromatic heterocycles. The lowest BCUT2D eigenvalue weighted by Crippen LogP contribution is -2.55. The lowest BCUT2D eigenvalue weighted by molar-refractivity contribution is 0.213. The summed E-state index contributed by atoms with van der Waals surface area (Å²) in [5, 5.41) is 0. The Morgan fingerprint density at radius 3 is 1.94 bits per heavy atom. The van der Waals surface area contributed by atoms with Crippen LogP contribution in [-0.4, -0.2) is 32.3 Å². The van der Waals surface area contributed by atoms with Gasteiger partial charge < -0.3 is 9.47 Å². The first-order chi connectivity index (χ1) is 8.41. The zero-order valence-corrected chi connectivity index (χ0v) is 13.1. The van der Waals surface area contributed by atoms with Crippen LogP contribution in [0.1, 0.15) is 13.8 Å². The van der Waals surface area contributed by atoms with Crippen LogP contribution in [-0.2, 0) is 0 Å². The van der Waals surface area contributed by atoms with E-state index in [1.807, 2.05) is 53.6 Å². The lowest BCUT2D eigenvalue weighted by atomic mass is 10.3. The first-order valence-corrected chi connectivity index (χ1v) is 10.0. The molecule has 2 amide bonds. The Labute approximate surface area is 111 Å². The van der Waals surface area contributed by atoms with E-state index in [9.17, 15) is 4.79 Å². The minimum atomic E-state index is -1.74. The van der Waals surface area contributed by atoms with Gasteiger partial charge in [-0.1, -0.05) is 37.8 Å². The van der Waals surface area contributed by atoms with Crippen LogP contribution in [0.2, 0.25) is 19.6 Å². The number of carbonyl (C=O) groups is 1. The molecule has 0 bridgehead atoms. The number of hydrogen-bond donors (Lipinski definition) is 0. The van der Waals surface area contributed by atoms with Gasteiger partial charge in [0, 0.05) is 18.8 Å². The van der Waals surface area contributed by atoms with Crippen LogP contribution < -0.4 is 4.57 Å². The molecule has 0 radical (unpaired) electrons. The Bertz CT molecular complexity index is 383. The second-order valence-corrected chi connectivity index (χ2v) is 10.1. The third-order valence-electron chi connectivity index (χ3n) is 2.91. The van der Waals surface area contributed by atoms with Crippen molar-refractivity contribution in [1.29, 1.82) is 0 Å². The Kier molecular flexibility index (Phi) is 4.96. The van der Waals surface area contributed by atoms with Gasteiger partial charge >= 0.3 is 6.03 Å². The predicted octanol–water partition coefficient (Wildman–Crippen LogP) is 3.79. The highest BCUT2D eigenvalue weighted by Gasteiger charge is 2.32. The number of para-hydroxylation sites is 1. The van der Waals surface area contributed by atoms with E-state index in [4.69, 9.17) is 0 Å². The van der Waals surface area contributed by atoms with E-state index in [0.29, 0.717) is 0 Å². The van der Waals surface area contributed by atoms with Gasteiger partial charge in [-0.25, -0.2) is 4.79 Å². The number of amides is 2. The molecule has 18 heavy (non-hydrogen) atoms. The number of rotatable bonds is 4. The quantitative estimate of drug-likeness (QED) is 0.759. The molecule has 3 nitrogen and oxygen atoms in total. The first kappa shape index (κ1) is 14.8. The molecule has 0 aliphatic carbocycles. The summed E-state index contributed by atoms with van der Waals surface area (Å²) in [7, 11) is -1.74. The maximum Gasteiger partial charge on any atom is 0.316 e. The zero-order chi connectivity index (χ0) is 13.8. The van der Waals surface area contributed by atoms with E-state index in [0.717, 1.165) is 18.8 Å². The zero-order valence-electron chi connectivity index (χ0n) is 12.1. The summed E-state index contributed by atoms with van der Waals surface area (Å²) in [4.78, 5) is 14.5. The number of hydrogen-bond acceptors (Lipinski definition) is 1. The molecule has 0 aliphatic heterocycles. The monoisotopic (exact) mass is 264 g/mol. The standard InChI is InChI=1S/C14H24N2OSi/c1-6-15(7-2)14(17)16(18(3,4)5)13-11-9-8-10-12-13/h8-12H,6-7H2,1-5H3.